The summed E-state index contributed by atoms with van der Waals surface area (Å²) in [7, 11) is 0. The summed E-state index contributed by atoms with van der Waals surface area (Å²) in [5.41, 5.74) is 7.06. The van der Waals surface area contributed by atoms with Gasteiger partial charge in [0.2, 0.25) is 0 Å². The van der Waals surface area contributed by atoms with Gasteiger partial charge in [-0.25, -0.2) is 0 Å². The second-order valence-corrected chi connectivity index (χ2v) is 3.92. The van der Waals surface area contributed by atoms with E-state index in [2.05, 4.69) is 27.3 Å². The maximum Gasteiger partial charge on any atom is 0.0347 e. The molecule has 0 bridgehead atoms. The van der Waals surface area contributed by atoms with Crippen molar-refractivity contribution in [1.29, 1.82) is 0 Å². The monoisotopic (exact) mass is 206 g/mol. The zero-order chi connectivity index (χ0) is 10.5. The van der Waals surface area contributed by atoms with E-state index >= 15 is 0 Å². The third-order valence-electron chi connectivity index (χ3n) is 2.88. The molecule has 3 N–H and O–H groups in total. The van der Waals surface area contributed by atoms with Gasteiger partial charge in [0.1, 0.15) is 0 Å². The normalized spacial score (nSPS) is 22.9. The number of nitrogens with zero attached hydrogens (tertiary/aromatic N) is 2. The van der Waals surface area contributed by atoms with Crippen LogP contribution in [0.4, 0.5) is 0 Å². The Morgan fingerprint density at radius 2 is 2.27 bits per heavy atom. The van der Waals surface area contributed by atoms with Crippen molar-refractivity contribution in [2.45, 2.75) is 12.6 Å². The van der Waals surface area contributed by atoms with Crippen LogP contribution in [0.15, 0.2) is 24.5 Å². The van der Waals surface area contributed by atoms with Gasteiger partial charge in [-0.15, -0.1) is 0 Å². The summed E-state index contributed by atoms with van der Waals surface area (Å²) in [4.78, 5) is 6.46. The number of piperazine rings is 1. The van der Waals surface area contributed by atoms with Crippen LogP contribution in [0.2, 0.25) is 0 Å². The summed E-state index contributed by atoms with van der Waals surface area (Å²) >= 11 is 0. The summed E-state index contributed by atoms with van der Waals surface area (Å²) in [5, 5.41) is 3.37. The Morgan fingerprint density at radius 1 is 1.47 bits per heavy atom. The van der Waals surface area contributed by atoms with Gasteiger partial charge in [-0.05, 0) is 17.7 Å². The number of nitrogens with two attached hydrogens (primary N) is 1. The Balaban J connectivity index is 1.97. The number of pyridine rings is 1. The van der Waals surface area contributed by atoms with Crippen molar-refractivity contribution < 1.29 is 0 Å². The summed E-state index contributed by atoms with van der Waals surface area (Å²) in [6, 6.07) is 4.59. The van der Waals surface area contributed by atoms with E-state index in [1.165, 1.54) is 5.56 Å². The van der Waals surface area contributed by atoms with E-state index in [4.69, 9.17) is 5.73 Å². The Kier molecular flexibility index (Phi) is 3.66. The molecule has 1 fully saturated rings. The van der Waals surface area contributed by atoms with E-state index in [0.29, 0.717) is 6.04 Å². The molecule has 1 aromatic rings. The van der Waals surface area contributed by atoms with Crippen molar-refractivity contribution in [1.82, 2.24) is 15.2 Å². The second-order valence-electron chi connectivity index (χ2n) is 3.92. The van der Waals surface area contributed by atoms with Gasteiger partial charge in [-0.1, -0.05) is 0 Å². The minimum atomic E-state index is 0.465. The van der Waals surface area contributed by atoms with E-state index in [1.54, 1.807) is 0 Å². The lowest BCUT2D eigenvalue weighted by Gasteiger charge is -2.35. The van der Waals surface area contributed by atoms with Crippen LogP contribution in [0, 0.1) is 0 Å². The fourth-order valence-electron chi connectivity index (χ4n) is 1.97. The highest BCUT2D eigenvalue weighted by atomic mass is 15.2. The topological polar surface area (TPSA) is 54.2 Å². The number of hydrogen-bond donors (Lipinski definition) is 2. The van der Waals surface area contributed by atoms with E-state index < -0.39 is 0 Å². The number of aromatic nitrogens is 1. The molecule has 4 nitrogen and oxygen atoms in total. The van der Waals surface area contributed by atoms with Crippen LogP contribution in [0.25, 0.3) is 0 Å². The van der Waals surface area contributed by atoms with Gasteiger partial charge >= 0.3 is 0 Å². The summed E-state index contributed by atoms with van der Waals surface area (Å²) in [6.07, 6.45) is 3.68. The molecule has 2 heterocycles. The molecule has 2 rings (SSSR count). The standard InChI is InChI=1S/C11H18N4/c12-7-11-8-14-5-6-15(11)9-10-1-3-13-4-2-10/h1-4,11,14H,5-9,12H2. The minimum absolute atomic E-state index is 0.465. The predicted molar refractivity (Wildman–Crippen MR) is 60.4 cm³/mol. The lowest BCUT2D eigenvalue weighted by Crippen LogP contribution is -2.53. The van der Waals surface area contributed by atoms with Gasteiger partial charge in [0.25, 0.3) is 0 Å². The van der Waals surface area contributed by atoms with Gasteiger partial charge < -0.3 is 11.1 Å². The zero-order valence-corrected chi connectivity index (χ0v) is 8.89. The molecule has 1 unspecified atom stereocenters. The van der Waals surface area contributed by atoms with Gasteiger partial charge in [0, 0.05) is 51.2 Å². The fraction of sp³-hybridized carbons (Fsp3) is 0.545. The average Bonchev–Trinajstić information content (AvgIpc) is 2.31. The van der Waals surface area contributed by atoms with Crippen LogP contribution in [-0.2, 0) is 6.54 Å². The molecule has 15 heavy (non-hydrogen) atoms. The maximum atomic E-state index is 5.75. The van der Waals surface area contributed by atoms with Crippen LogP contribution < -0.4 is 11.1 Å². The molecule has 0 spiro atoms. The Morgan fingerprint density at radius 3 is 3.00 bits per heavy atom. The highest BCUT2D eigenvalue weighted by Gasteiger charge is 2.20. The molecule has 1 atom stereocenters. The molecule has 82 valence electrons. The molecule has 0 aliphatic carbocycles. The minimum Gasteiger partial charge on any atom is -0.329 e. The van der Waals surface area contributed by atoms with Crippen molar-refractivity contribution in [2.24, 2.45) is 5.73 Å². The first-order valence-electron chi connectivity index (χ1n) is 5.44. The molecule has 1 aliphatic rings. The fourth-order valence-corrected chi connectivity index (χ4v) is 1.97. The molecule has 0 radical (unpaired) electrons. The number of nitrogens with one attached hydrogen (secondary N) is 1. The molecule has 0 saturated carbocycles. The largest absolute Gasteiger partial charge is 0.329 e. The van der Waals surface area contributed by atoms with Gasteiger partial charge in [0.15, 0.2) is 0 Å². The van der Waals surface area contributed by atoms with Crippen LogP contribution in [0.5, 0.6) is 0 Å². The van der Waals surface area contributed by atoms with Crippen molar-refractivity contribution in [3.63, 3.8) is 0 Å². The van der Waals surface area contributed by atoms with E-state index in [9.17, 15) is 0 Å². The molecule has 1 aliphatic heterocycles. The quantitative estimate of drug-likeness (QED) is 0.720. The lowest BCUT2D eigenvalue weighted by atomic mass is 10.1. The molecule has 1 saturated heterocycles. The molecule has 4 heteroatoms. The predicted octanol–water partition coefficient (Wildman–Crippen LogP) is -0.186. The Hall–Kier alpha value is -0.970. The summed E-state index contributed by atoms with van der Waals surface area (Å²) < 4.78 is 0. The number of hydrogen-bond acceptors (Lipinski definition) is 4. The first-order chi connectivity index (χ1) is 7.40. The Bertz CT molecular complexity index is 288. The van der Waals surface area contributed by atoms with Gasteiger partial charge in [-0.2, -0.15) is 0 Å². The van der Waals surface area contributed by atoms with Crippen LogP contribution in [-0.4, -0.2) is 42.1 Å². The summed E-state index contributed by atoms with van der Waals surface area (Å²) in [6.45, 7) is 4.83. The third-order valence-corrected chi connectivity index (χ3v) is 2.88. The van der Waals surface area contributed by atoms with E-state index in [-0.39, 0.29) is 0 Å². The van der Waals surface area contributed by atoms with Crippen LogP contribution >= 0.6 is 0 Å². The van der Waals surface area contributed by atoms with E-state index in [1.807, 2.05) is 12.4 Å². The highest BCUT2D eigenvalue weighted by Crippen LogP contribution is 2.08. The highest BCUT2D eigenvalue weighted by molar-refractivity contribution is 5.09. The van der Waals surface area contributed by atoms with E-state index in [0.717, 1.165) is 32.7 Å². The molecule has 0 amide bonds. The molecular formula is C11H18N4. The molecule has 0 aromatic carbocycles. The van der Waals surface area contributed by atoms with Crippen molar-refractivity contribution in [3.05, 3.63) is 30.1 Å². The van der Waals surface area contributed by atoms with Crippen molar-refractivity contribution >= 4 is 0 Å². The SMILES string of the molecule is NCC1CNCCN1Cc1ccncc1. The third kappa shape index (κ3) is 2.75. The summed E-state index contributed by atoms with van der Waals surface area (Å²) in [5.74, 6) is 0. The Labute approximate surface area is 90.5 Å². The first-order valence-corrected chi connectivity index (χ1v) is 5.44. The lowest BCUT2D eigenvalue weighted by molar-refractivity contribution is 0.158. The van der Waals surface area contributed by atoms with Crippen LogP contribution in [0.3, 0.4) is 0 Å². The zero-order valence-electron chi connectivity index (χ0n) is 8.89. The van der Waals surface area contributed by atoms with Gasteiger partial charge in [-0.3, -0.25) is 9.88 Å². The van der Waals surface area contributed by atoms with Crippen molar-refractivity contribution in [3.8, 4) is 0 Å². The smallest absolute Gasteiger partial charge is 0.0347 e. The van der Waals surface area contributed by atoms with Crippen molar-refractivity contribution in [2.75, 3.05) is 26.2 Å². The van der Waals surface area contributed by atoms with Crippen LogP contribution in [0.1, 0.15) is 5.56 Å². The number of rotatable bonds is 3. The second kappa shape index (κ2) is 5.21. The van der Waals surface area contributed by atoms with Gasteiger partial charge in [0.05, 0.1) is 0 Å². The first kappa shape index (κ1) is 10.5. The molecular weight excluding hydrogens is 188 g/mol. The molecule has 1 aromatic heterocycles. The average molecular weight is 206 g/mol. The maximum absolute atomic E-state index is 5.75.